The number of aryl methyl sites for hydroxylation is 1. The number of rotatable bonds is 6. The van der Waals surface area contributed by atoms with Crippen molar-refractivity contribution in [3.63, 3.8) is 0 Å². The number of pyridine rings is 1. The van der Waals surface area contributed by atoms with Crippen LogP contribution in [0.2, 0.25) is 0 Å². The molecule has 1 aromatic carbocycles. The Bertz CT molecular complexity index is 1190. The number of anilines is 1. The Balaban J connectivity index is 1.78. The minimum atomic E-state index is -2.97. The summed E-state index contributed by atoms with van der Waals surface area (Å²) in [5.74, 6) is -1.95. The summed E-state index contributed by atoms with van der Waals surface area (Å²) in [4.78, 5) is 20.5. The average Bonchev–Trinajstić information content (AvgIpc) is 3.51. The minimum absolute atomic E-state index is 0.0339. The van der Waals surface area contributed by atoms with Crippen LogP contribution in [0.1, 0.15) is 36.2 Å². The van der Waals surface area contributed by atoms with Crippen LogP contribution in [0.5, 0.6) is 0 Å². The first-order valence-electron chi connectivity index (χ1n) is 9.22. The summed E-state index contributed by atoms with van der Waals surface area (Å²) in [7, 11) is 0. The fourth-order valence-corrected chi connectivity index (χ4v) is 3.42. The van der Waals surface area contributed by atoms with Crippen LogP contribution in [0.4, 0.5) is 27.8 Å². The molecule has 2 aromatic heterocycles. The molecule has 0 atom stereocenters. The molecule has 1 fully saturated rings. The highest BCUT2D eigenvalue weighted by Gasteiger charge is 2.46. The standard InChI is InChI=1S/C20H17F5N4O/c1-10-27-16-13(8-29(19(30)15(16)23)20(9-21)5-6-20)18(28-10)26-7-11-3-2-4-12(14(11)22)17(24)25/h2-4,8,17H,5-7,9H2,1H3,(H,26,27,28). The summed E-state index contributed by atoms with van der Waals surface area (Å²) >= 11 is 0. The maximum Gasteiger partial charge on any atom is 0.289 e. The molecule has 2 heterocycles. The van der Waals surface area contributed by atoms with Crippen molar-refractivity contribution in [3.05, 3.63) is 63.3 Å². The Hall–Kier alpha value is -3.04. The van der Waals surface area contributed by atoms with Gasteiger partial charge in [-0.2, -0.15) is 4.39 Å². The number of fused-ring (bicyclic) bond motifs is 1. The predicted octanol–water partition coefficient (Wildman–Crippen LogP) is 4.39. The van der Waals surface area contributed by atoms with E-state index in [-0.39, 0.29) is 34.7 Å². The number of nitrogens with one attached hydrogen (secondary N) is 1. The number of hydrogen-bond acceptors (Lipinski definition) is 4. The third-order valence-corrected chi connectivity index (χ3v) is 5.31. The van der Waals surface area contributed by atoms with E-state index in [9.17, 15) is 26.7 Å². The summed E-state index contributed by atoms with van der Waals surface area (Å²) < 4.78 is 69.4. The van der Waals surface area contributed by atoms with Crippen molar-refractivity contribution in [2.75, 3.05) is 12.0 Å². The molecule has 5 nitrogen and oxygen atoms in total. The van der Waals surface area contributed by atoms with Crippen LogP contribution in [0.3, 0.4) is 0 Å². The van der Waals surface area contributed by atoms with Gasteiger partial charge in [-0.15, -0.1) is 0 Å². The molecule has 1 N–H and O–H groups in total. The minimum Gasteiger partial charge on any atom is -0.365 e. The zero-order chi connectivity index (χ0) is 21.6. The highest BCUT2D eigenvalue weighted by atomic mass is 19.3. The van der Waals surface area contributed by atoms with Gasteiger partial charge in [-0.05, 0) is 19.8 Å². The highest BCUT2D eigenvalue weighted by molar-refractivity contribution is 5.88. The van der Waals surface area contributed by atoms with Crippen molar-refractivity contribution in [1.29, 1.82) is 0 Å². The molecular weight excluding hydrogens is 407 g/mol. The zero-order valence-electron chi connectivity index (χ0n) is 15.9. The summed E-state index contributed by atoms with van der Waals surface area (Å²) in [5, 5.41) is 2.92. The first-order chi connectivity index (χ1) is 14.3. The van der Waals surface area contributed by atoms with Crippen LogP contribution in [-0.2, 0) is 12.1 Å². The van der Waals surface area contributed by atoms with Gasteiger partial charge in [0.1, 0.15) is 29.7 Å². The summed E-state index contributed by atoms with van der Waals surface area (Å²) in [5.41, 5.74) is -3.06. The molecule has 3 aromatic rings. The van der Waals surface area contributed by atoms with Crippen LogP contribution in [0, 0.1) is 18.6 Å². The lowest BCUT2D eigenvalue weighted by molar-refractivity contribution is 0.146. The van der Waals surface area contributed by atoms with Crippen molar-refractivity contribution in [1.82, 2.24) is 14.5 Å². The second kappa shape index (κ2) is 7.33. The van der Waals surface area contributed by atoms with Gasteiger partial charge in [-0.1, -0.05) is 18.2 Å². The average molecular weight is 424 g/mol. The van der Waals surface area contributed by atoms with Gasteiger partial charge in [0.15, 0.2) is 0 Å². The monoisotopic (exact) mass is 424 g/mol. The molecule has 0 amide bonds. The summed E-state index contributed by atoms with van der Waals surface area (Å²) in [6, 6.07) is 3.64. The van der Waals surface area contributed by atoms with Crippen LogP contribution in [0.25, 0.3) is 10.9 Å². The Labute approximate surface area is 167 Å². The fraction of sp³-hybridized carbons (Fsp3) is 0.350. The fourth-order valence-electron chi connectivity index (χ4n) is 3.42. The van der Waals surface area contributed by atoms with Crippen molar-refractivity contribution in [3.8, 4) is 0 Å². The molecule has 0 unspecified atom stereocenters. The van der Waals surface area contributed by atoms with E-state index in [0.717, 1.165) is 10.6 Å². The van der Waals surface area contributed by atoms with E-state index < -0.39 is 41.4 Å². The van der Waals surface area contributed by atoms with E-state index in [1.54, 1.807) is 0 Å². The van der Waals surface area contributed by atoms with E-state index in [1.165, 1.54) is 25.3 Å². The quantitative estimate of drug-likeness (QED) is 0.597. The number of nitrogens with zero attached hydrogens (tertiary/aromatic N) is 3. The Kier molecular flexibility index (Phi) is 4.95. The van der Waals surface area contributed by atoms with E-state index in [1.807, 2.05) is 0 Å². The SMILES string of the molecule is Cc1nc(NCc2cccc(C(F)F)c2F)c2cn(C3(CF)CC3)c(=O)c(F)c2n1. The maximum absolute atomic E-state index is 14.8. The third-order valence-electron chi connectivity index (χ3n) is 5.31. The van der Waals surface area contributed by atoms with Crippen LogP contribution in [-0.4, -0.2) is 21.2 Å². The molecule has 10 heteroatoms. The number of hydrogen-bond donors (Lipinski definition) is 1. The molecule has 1 aliphatic rings. The van der Waals surface area contributed by atoms with Crippen molar-refractivity contribution < 1.29 is 22.0 Å². The van der Waals surface area contributed by atoms with E-state index in [0.29, 0.717) is 12.8 Å². The van der Waals surface area contributed by atoms with Gasteiger partial charge in [0.25, 0.3) is 12.0 Å². The van der Waals surface area contributed by atoms with E-state index in [2.05, 4.69) is 15.3 Å². The van der Waals surface area contributed by atoms with Gasteiger partial charge < -0.3 is 9.88 Å². The van der Waals surface area contributed by atoms with Crippen molar-refractivity contribution >= 4 is 16.7 Å². The Morgan fingerprint density at radius 3 is 2.57 bits per heavy atom. The van der Waals surface area contributed by atoms with Crippen molar-refractivity contribution in [2.24, 2.45) is 0 Å². The predicted molar refractivity (Wildman–Crippen MR) is 100 cm³/mol. The third kappa shape index (κ3) is 3.29. The number of benzene rings is 1. The Morgan fingerprint density at radius 1 is 1.20 bits per heavy atom. The molecule has 0 saturated heterocycles. The van der Waals surface area contributed by atoms with Crippen LogP contribution >= 0.6 is 0 Å². The molecule has 0 spiro atoms. The molecule has 4 rings (SSSR count). The molecule has 0 radical (unpaired) electrons. The topological polar surface area (TPSA) is 59.8 Å². The van der Waals surface area contributed by atoms with Crippen LogP contribution < -0.4 is 10.9 Å². The smallest absolute Gasteiger partial charge is 0.289 e. The van der Waals surface area contributed by atoms with Gasteiger partial charge in [-0.25, -0.2) is 27.5 Å². The van der Waals surface area contributed by atoms with Gasteiger partial charge in [0.05, 0.1) is 16.5 Å². The normalized spacial score (nSPS) is 15.0. The number of aromatic nitrogens is 3. The van der Waals surface area contributed by atoms with Gasteiger partial charge in [0, 0.05) is 18.3 Å². The Morgan fingerprint density at radius 2 is 1.93 bits per heavy atom. The zero-order valence-corrected chi connectivity index (χ0v) is 15.9. The second-order valence-corrected chi connectivity index (χ2v) is 7.33. The first kappa shape index (κ1) is 20.2. The van der Waals surface area contributed by atoms with Gasteiger partial charge >= 0.3 is 0 Å². The van der Waals surface area contributed by atoms with Crippen LogP contribution in [0.15, 0.2) is 29.2 Å². The first-order valence-corrected chi connectivity index (χ1v) is 9.22. The number of alkyl halides is 3. The molecular formula is C20H17F5N4O. The summed E-state index contributed by atoms with van der Waals surface area (Å²) in [6.45, 7) is 0.448. The molecule has 158 valence electrons. The molecule has 0 aliphatic heterocycles. The van der Waals surface area contributed by atoms with Crippen molar-refractivity contribution in [2.45, 2.75) is 38.3 Å². The van der Waals surface area contributed by atoms with E-state index >= 15 is 0 Å². The van der Waals surface area contributed by atoms with E-state index in [4.69, 9.17) is 0 Å². The summed E-state index contributed by atoms with van der Waals surface area (Å²) in [6.07, 6.45) is -0.877. The lowest BCUT2D eigenvalue weighted by atomic mass is 10.1. The molecule has 1 aliphatic carbocycles. The largest absolute Gasteiger partial charge is 0.365 e. The molecule has 0 bridgehead atoms. The lowest BCUT2D eigenvalue weighted by Crippen LogP contribution is -2.33. The second-order valence-electron chi connectivity index (χ2n) is 7.33. The number of halogens is 5. The molecule has 30 heavy (non-hydrogen) atoms. The van der Waals surface area contributed by atoms with Gasteiger partial charge in [-0.3, -0.25) is 4.79 Å². The lowest BCUT2D eigenvalue weighted by Gasteiger charge is -2.18. The van der Waals surface area contributed by atoms with Gasteiger partial charge in [0.2, 0.25) is 5.82 Å². The maximum atomic E-state index is 14.8. The highest BCUT2D eigenvalue weighted by Crippen LogP contribution is 2.43. The molecule has 1 saturated carbocycles.